The lowest BCUT2D eigenvalue weighted by molar-refractivity contribution is -0.128. The highest BCUT2D eigenvalue weighted by atomic mass is 28.4. The molecule has 1 amide bonds. The van der Waals surface area contributed by atoms with Crippen molar-refractivity contribution in [3.63, 3.8) is 0 Å². The molecule has 0 spiro atoms. The fourth-order valence-electron chi connectivity index (χ4n) is 1.75. The molecule has 0 bridgehead atoms. The Kier molecular flexibility index (Phi) is 4.38. The van der Waals surface area contributed by atoms with Crippen molar-refractivity contribution < 1.29 is 14.3 Å². The third-order valence-electron chi connectivity index (χ3n) is 3.82. The molecule has 1 fully saturated rings. The molecule has 1 N–H and O–H groups in total. The monoisotopic (exact) mass is 259 g/mol. The van der Waals surface area contributed by atoms with Gasteiger partial charge in [-0.3, -0.25) is 4.79 Å². The van der Waals surface area contributed by atoms with E-state index >= 15 is 0 Å². The van der Waals surface area contributed by atoms with E-state index in [-0.39, 0.29) is 23.7 Å². The van der Waals surface area contributed by atoms with Crippen molar-refractivity contribution in [2.75, 3.05) is 19.7 Å². The molecule has 0 aliphatic carbocycles. The summed E-state index contributed by atoms with van der Waals surface area (Å²) in [5.41, 5.74) is 0. The van der Waals surface area contributed by atoms with Gasteiger partial charge in [-0.1, -0.05) is 20.8 Å². The second-order valence-corrected chi connectivity index (χ2v) is 11.0. The first kappa shape index (κ1) is 14.7. The van der Waals surface area contributed by atoms with Crippen molar-refractivity contribution in [1.29, 1.82) is 0 Å². The van der Waals surface area contributed by atoms with Gasteiger partial charge in [-0.25, -0.2) is 0 Å². The lowest BCUT2D eigenvalue weighted by Crippen LogP contribution is -2.44. The van der Waals surface area contributed by atoms with Crippen molar-refractivity contribution >= 4 is 14.2 Å². The highest BCUT2D eigenvalue weighted by Gasteiger charge is 2.41. The van der Waals surface area contributed by atoms with Gasteiger partial charge in [0.05, 0.1) is 19.1 Å². The van der Waals surface area contributed by atoms with Crippen molar-refractivity contribution in [3.8, 4) is 0 Å². The van der Waals surface area contributed by atoms with Crippen LogP contribution in [0.5, 0.6) is 0 Å². The summed E-state index contributed by atoms with van der Waals surface area (Å²) in [6.45, 7) is 12.1. The van der Waals surface area contributed by atoms with Crippen LogP contribution >= 0.6 is 0 Å². The van der Waals surface area contributed by atoms with Crippen LogP contribution in [0.15, 0.2) is 0 Å². The van der Waals surface area contributed by atoms with Crippen molar-refractivity contribution in [3.05, 3.63) is 0 Å². The molecule has 1 heterocycles. The van der Waals surface area contributed by atoms with Gasteiger partial charge in [0.1, 0.15) is 0 Å². The summed E-state index contributed by atoms with van der Waals surface area (Å²) in [4.78, 5) is 13.4. The molecule has 1 rings (SSSR count). The molecular formula is C12H25NO3Si. The van der Waals surface area contributed by atoms with E-state index in [1.807, 2.05) is 0 Å². The molecule has 5 heteroatoms. The molecule has 0 aromatic carbocycles. The molecule has 0 aromatic heterocycles. The lowest BCUT2D eigenvalue weighted by atomic mass is 10.2. The van der Waals surface area contributed by atoms with Gasteiger partial charge in [-0.15, -0.1) is 0 Å². The Labute approximate surface area is 105 Å². The summed E-state index contributed by atoms with van der Waals surface area (Å²) in [7, 11) is -1.79. The van der Waals surface area contributed by atoms with E-state index < -0.39 is 8.32 Å². The Morgan fingerprint density at radius 3 is 2.53 bits per heavy atom. The van der Waals surface area contributed by atoms with Gasteiger partial charge in [0, 0.05) is 13.1 Å². The minimum Gasteiger partial charge on any atom is -0.412 e. The number of hydrogen-bond acceptors (Lipinski definition) is 3. The van der Waals surface area contributed by atoms with Crippen LogP contribution in [-0.2, 0) is 9.22 Å². The van der Waals surface area contributed by atoms with Crippen LogP contribution in [0, 0.1) is 0 Å². The molecule has 0 unspecified atom stereocenters. The van der Waals surface area contributed by atoms with Gasteiger partial charge >= 0.3 is 0 Å². The average Bonchev–Trinajstić information content (AvgIpc) is 2.44. The molecule has 0 radical (unpaired) electrons. The number of carbonyl (C=O) groups is 1. The highest BCUT2D eigenvalue weighted by molar-refractivity contribution is 6.74. The van der Waals surface area contributed by atoms with E-state index in [1.165, 1.54) is 0 Å². The molecule has 1 aliphatic rings. The standard InChI is InChI=1S/C12H25NO3Si/c1-12(2,3)17(4,5)16-10-8-11(15)13(9-10)6-7-14/h10,14H,6-9H2,1-5H3/t10-/m0/s1. The Morgan fingerprint density at radius 1 is 1.47 bits per heavy atom. The largest absolute Gasteiger partial charge is 0.412 e. The molecule has 0 aromatic rings. The maximum Gasteiger partial charge on any atom is 0.225 e. The van der Waals surface area contributed by atoms with Gasteiger partial charge in [-0.2, -0.15) is 0 Å². The predicted octanol–water partition coefficient (Wildman–Crippen LogP) is 1.60. The second kappa shape index (κ2) is 5.08. The second-order valence-electron chi connectivity index (χ2n) is 6.27. The number of hydrogen-bond donors (Lipinski definition) is 1. The summed E-state index contributed by atoms with van der Waals surface area (Å²) in [6, 6.07) is 0. The molecule has 1 saturated heterocycles. The summed E-state index contributed by atoms with van der Waals surface area (Å²) >= 11 is 0. The number of likely N-dealkylation sites (tertiary alicyclic amines) is 1. The van der Waals surface area contributed by atoms with Gasteiger partial charge in [0.25, 0.3) is 0 Å². The normalized spacial score (nSPS) is 22.4. The van der Waals surface area contributed by atoms with Crippen LogP contribution in [0.2, 0.25) is 18.1 Å². The number of aliphatic hydroxyl groups excluding tert-OH is 1. The maximum absolute atomic E-state index is 11.7. The van der Waals surface area contributed by atoms with E-state index in [1.54, 1.807) is 4.90 Å². The number of rotatable bonds is 4. The molecule has 1 atom stereocenters. The Morgan fingerprint density at radius 2 is 2.06 bits per heavy atom. The SMILES string of the molecule is CC(C)(C)[Si](C)(C)O[C@H]1CC(=O)N(CCO)C1. The number of aliphatic hydroxyl groups is 1. The van der Waals surface area contributed by atoms with Gasteiger partial charge in [0.2, 0.25) is 5.91 Å². The van der Waals surface area contributed by atoms with Crippen molar-refractivity contribution in [2.24, 2.45) is 0 Å². The summed E-state index contributed by atoms with van der Waals surface area (Å²) in [5.74, 6) is 0.0998. The number of carbonyl (C=O) groups excluding carboxylic acids is 1. The molecule has 4 nitrogen and oxygen atoms in total. The first-order chi connectivity index (χ1) is 7.67. The number of nitrogens with zero attached hydrogens (tertiary/aromatic N) is 1. The van der Waals surface area contributed by atoms with E-state index in [9.17, 15) is 4.79 Å². The summed E-state index contributed by atoms with van der Waals surface area (Å²) in [5, 5.41) is 9.03. The van der Waals surface area contributed by atoms with Gasteiger partial charge in [0.15, 0.2) is 8.32 Å². The molecule has 0 saturated carbocycles. The quantitative estimate of drug-likeness (QED) is 0.780. The molecule has 17 heavy (non-hydrogen) atoms. The molecule has 100 valence electrons. The van der Waals surface area contributed by atoms with Crippen molar-refractivity contribution in [1.82, 2.24) is 4.90 Å². The average molecular weight is 259 g/mol. The van der Waals surface area contributed by atoms with Crippen LogP contribution in [-0.4, -0.2) is 50.0 Å². The minimum absolute atomic E-state index is 0.00921. The first-order valence-electron chi connectivity index (χ1n) is 6.24. The predicted molar refractivity (Wildman–Crippen MR) is 70.4 cm³/mol. The lowest BCUT2D eigenvalue weighted by Gasteiger charge is -2.38. The Balaban J connectivity index is 2.58. The van der Waals surface area contributed by atoms with E-state index in [0.717, 1.165) is 0 Å². The molecular weight excluding hydrogens is 234 g/mol. The topological polar surface area (TPSA) is 49.8 Å². The third kappa shape index (κ3) is 3.53. The maximum atomic E-state index is 11.7. The first-order valence-corrected chi connectivity index (χ1v) is 9.14. The zero-order valence-electron chi connectivity index (χ0n) is 11.6. The fourth-order valence-corrected chi connectivity index (χ4v) is 3.09. The highest BCUT2D eigenvalue weighted by Crippen LogP contribution is 2.38. The van der Waals surface area contributed by atoms with E-state index in [0.29, 0.717) is 19.5 Å². The third-order valence-corrected chi connectivity index (χ3v) is 8.35. The van der Waals surface area contributed by atoms with Gasteiger partial charge < -0.3 is 14.4 Å². The Hall–Kier alpha value is -0.393. The fraction of sp³-hybridized carbons (Fsp3) is 0.917. The van der Waals surface area contributed by atoms with Crippen LogP contribution in [0.3, 0.4) is 0 Å². The molecule has 1 aliphatic heterocycles. The van der Waals surface area contributed by atoms with Crippen LogP contribution in [0.25, 0.3) is 0 Å². The number of amides is 1. The zero-order chi connectivity index (χ0) is 13.3. The van der Waals surface area contributed by atoms with Crippen molar-refractivity contribution in [2.45, 2.75) is 51.4 Å². The zero-order valence-corrected chi connectivity index (χ0v) is 12.6. The van der Waals surface area contributed by atoms with Crippen LogP contribution in [0.1, 0.15) is 27.2 Å². The Bertz CT molecular complexity index is 286. The van der Waals surface area contributed by atoms with E-state index in [4.69, 9.17) is 9.53 Å². The number of β-amino-alcohol motifs (C(OH)–C–C–N with tert-alkyl or cyclic N) is 1. The summed E-state index contributed by atoms with van der Waals surface area (Å²) in [6.07, 6.45) is 0.474. The smallest absolute Gasteiger partial charge is 0.225 e. The van der Waals surface area contributed by atoms with Crippen LogP contribution < -0.4 is 0 Å². The van der Waals surface area contributed by atoms with Gasteiger partial charge in [-0.05, 0) is 18.1 Å². The minimum atomic E-state index is -1.79. The van der Waals surface area contributed by atoms with Crippen LogP contribution in [0.4, 0.5) is 0 Å². The van der Waals surface area contributed by atoms with E-state index in [2.05, 4.69) is 33.9 Å². The summed E-state index contributed by atoms with van der Waals surface area (Å²) < 4.78 is 6.20.